The molecule has 1 aromatic rings. The Labute approximate surface area is 124 Å². The maximum absolute atomic E-state index is 3.65. The van der Waals surface area contributed by atoms with Crippen molar-refractivity contribution < 1.29 is 0 Å². The van der Waals surface area contributed by atoms with Crippen LogP contribution in [-0.4, -0.2) is 25.7 Å². The first-order valence-corrected chi connectivity index (χ1v) is 8.09. The Morgan fingerprint density at radius 1 is 1.15 bits per heavy atom. The first kappa shape index (κ1) is 15.4. The highest BCUT2D eigenvalue weighted by Crippen LogP contribution is 2.25. The lowest BCUT2D eigenvalue weighted by atomic mass is 9.87. The summed E-state index contributed by atoms with van der Waals surface area (Å²) in [6, 6.07) is 9.88. The molecule has 1 aliphatic rings. The van der Waals surface area contributed by atoms with Crippen LogP contribution < -0.4 is 10.2 Å². The van der Waals surface area contributed by atoms with Gasteiger partial charge in [-0.3, -0.25) is 0 Å². The number of anilines is 1. The molecule has 0 amide bonds. The van der Waals surface area contributed by atoms with Crippen LogP contribution in [0.1, 0.15) is 52.5 Å². The Hall–Kier alpha value is -1.02. The van der Waals surface area contributed by atoms with E-state index in [0.717, 1.165) is 13.1 Å². The summed E-state index contributed by atoms with van der Waals surface area (Å²) in [6.45, 7) is 12.6. The van der Waals surface area contributed by atoms with E-state index in [1.54, 1.807) is 0 Å². The predicted octanol–water partition coefficient (Wildman–Crippen LogP) is 3.95. The van der Waals surface area contributed by atoms with Crippen molar-refractivity contribution in [1.82, 2.24) is 5.32 Å². The number of benzene rings is 1. The Morgan fingerprint density at radius 3 is 2.45 bits per heavy atom. The minimum atomic E-state index is 0.242. The molecule has 2 heteroatoms. The molecule has 1 aromatic carbocycles. The van der Waals surface area contributed by atoms with Crippen LogP contribution in [0.3, 0.4) is 0 Å². The fourth-order valence-corrected chi connectivity index (χ4v) is 2.88. The molecule has 0 spiro atoms. The first-order valence-electron chi connectivity index (χ1n) is 8.09. The SMILES string of the molecule is CCC1CCN(c2ccc(C(C)(C)C)cc2)CCCN1. The van der Waals surface area contributed by atoms with Crippen molar-refractivity contribution in [2.24, 2.45) is 0 Å². The zero-order chi connectivity index (χ0) is 14.6. The van der Waals surface area contributed by atoms with Crippen LogP contribution in [0, 0.1) is 0 Å². The van der Waals surface area contributed by atoms with E-state index in [-0.39, 0.29) is 5.41 Å². The first-order chi connectivity index (χ1) is 9.50. The van der Waals surface area contributed by atoms with Crippen LogP contribution in [0.25, 0.3) is 0 Å². The van der Waals surface area contributed by atoms with Crippen molar-refractivity contribution in [3.8, 4) is 0 Å². The van der Waals surface area contributed by atoms with Gasteiger partial charge in [0.15, 0.2) is 0 Å². The second-order valence-corrected chi connectivity index (χ2v) is 6.99. The van der Waals surface area contributed by atoms with Gasteiger partial charge in [-0.25, -0.2) is 0 Å². The van der Waals surface area contributed by atoms with Gasteiger partial charge in [0, 0.05) is 24.8 Å². The zero-order valence-corrected chi connectivity index (χ0v) is 13.6. The van der Waals surface area contributed by atoms with Gasteiger partial charge in [0.05, 0.1) is 0 Å². The van der Waals surface area contributed by atoms with Crippen molar-refractivity contribution >= 4 is 5.69 Å². The Balaban J connectivity index is 2.06. The molecule has 20 heavy (non-hydrogen) atoms. The summed E-state index contributed by atoms with van der Waals surface area (Å²) in [6.07, 6.45) is 3.71. The van der Waals surface area contributed by atoms with Crippen molar-refractivity contribution in [3.63, 3.8) is 0 Å². The third kappa shape index (κ3) is 3.99. The van der Waals surface area contributed by atoms with Crippen LogP contribution in [0.15, 0.2) is 24.3 Å². The molecule has 2 rings (SSSR count). The van der Waals surface area contributed by atoms with Crippen LogP contribution >= 0.6 is 0 Å². The molecule has 1 N–H and O–H groups in total. The van der Waals surface area contributed by atoms with E-state index in [2.05, 4.69) is 62.2 Å². The van der Waals surface area contributed by atoms with E-state index in [0.29, 0.717) is 6.04 Å². The maximum atomic E-state index is 3.65. The standard InChI is InChI=1S/C18H30N2/c1-5-16-11-14-20(13-6-12-19-16)17-9-7-15(8-10-17)18(2,3)4/h7-10,16,19H,5-6,11-14H2,1-4H3. The van der Waals surface area contributed by atoms with Gasteiger partial charge in [0.1, 0.15) is 0 Å². The van der Waals surface area contributed by atoms with Crippen molar-refractivity contribution in [2.75, 3.05) is 24.5 Å². The second-order valence-electron chi connectivity index (χ2n) is 6.99. The number of hydrogen-bond acceptors (Lipinski definition) is 2. The molecule has 1 heterocycles. The van der Waals surface area contributed by atoms with Gasteiger partial charge in [-0.15, -0.1) is 0 Å². The quantitative estimate of drug-likeness (QED) is 0.878. The third-order valence-corrected chi connectivity index (χ3v) is 4.38. The minimum absolute atomic E-state index is 0.242. The summed E-state index contributed by atoms with van der Waals surface area (Å²) in [4.78, 5) is 2.55. The van der Waals surface area contributed by atoms with Gasteiger partial charge in [0.25, 0.3) is 0 Å². The largest absolute Gasteiger partial charge is 0.371 e. The van der Waals surface area contributed by atoms with Crippen LogP contribution in [0.5, 0.6) is 0 Å². The van der Waals surface area contributed by atoms with Crippen LogP contribution in [0.4, 0.5) is 5.69 Å². The average molecular weight is 274 g/mol. The summed E-state index contributed by atoms with van der Waals surface area (Å²) in [7, 11) is 0. The third-order valence-electron chi connectivity index (χ3n) is 4.38. The molecule has 1 fully saturated rings. The average Bonchev–Trinajstić information content (AvgIpc) is 2.38. The van der Waals surface area contributed by atoms with Crippen molar-refractivity contribution in [1.29, 1.82) is 0 Å². The number of nitrogens with one attached hydrogen (secondary N) is 1. The lowest BCUT2D eigenvalue weighted by Crippen LogP contribution is -2.39. The predicted molar refractivity (Wildman–Crippen MR) is 88.7 cm³/mol. The van der Waals surface area contributed by atoms with Gasteiger partial charge < -0.3 is 10.2 Å². The van der Waals surface area contributed by atoms with Gasteiger partial charge in [-0.2, -0.15) is 0 Å². The molecule has 1 saturated heterocycles. The molecule has 0 saturated carbocycles. The smallest absolute Gasteiger partial charge is 0.0366 e. The van der Waals surface area contributed by atoms with E-state index in [9.17, 15) is 0 Å². The Morgan fingerprint density at radius 2 is 1.85 bits per heavy atom. The summed E-state index contributed by atoms with van der Waals surface area (Å²) in [5.41, 5.74) is 3.04. The van der Waals surface area contributed by atoms with Crippen molar-refractivity contribution in [2.45, 2.75) is 58.4 Å². The van der Waals surface area contributed by atoms with Gasteiger partial charge >= 0.3 is 0 Å². The topological polar surface area (TPSA) is 15.3 Å². The fraction of sp³-hybridized carbons (Fsp3) is 0.667. The number of hydrogen-bond donors (Lipinski definition) is 1. The van der Waals surface area contributed by atoms with E-state index < -0.39 is 0 Å². The van der Waals surface area contributed by atoms with E-state index in [4.69, 9.17) is 0 Å². The molecule has 1 aliphatic heterocycles. The van der Waals surface area contributed by atoms with Gasteiger partial charge in [-0.05, 0) is 48.9 Å². The highest BCUT2D eigenvalue weighted by molar-refractivity contribution is 5.48. The molecule has 112 valence electrons. The normalized spacial score (nSPS) is 21.4. The zero-order valence-electron chi connectivity index (χ0n) is 13.6. The molecular weight excluding hydrogens is 244 g/mol. The van der Waals surface area contributed by atoms with Crippen molar-refractivity contribution in [3.05, 3.63) is 29.8 Å². The molecule has 1 atom stereocenters. The molecule has 0 aromatic heterocycles. The highest BCUT2D eigenvalue weighted by Gasteiger charge is 2.16. The van der Waals surface area contributed by atoms with E-state index in [1.807, 2.05) is 0 Å². The highest BCUT2D eigenvalue weighted by atomic mass is 15.1. The van der Waals surface area contributed by atoms with E-state index in [1.165, 1.54) is 37.1 Å². The monoisotopic (exact) mass is 274 g/mol. The lowest BCUT2D eigenvalue weighted by molar-refractivity contribution is 0.439. The Kier molecular flexibility index (Phi) is 5.09. The maximum Gasteiger partial charge on any atom is 0.0366 e. The lowest BCUT2D eigenvalue weighted by Gasteiger charge is -2.31. The molecule has 0 aliphatic carbocycles. The second kappa shape index (κ2) is 6.62. The van der Waals surface area contributed by atoms with Gasteiger partial charge in [0.2, 0.25) is 0 Å². The summed E-state index contributed by atoms with van der Waals surface area (Å²) < 4.78 is 0. The summed E-state index contributed by atoms with van der Waals surface area (Å²) >= 11 is 0. The molecule has 2 nitrogen and oxygen atoms in total. The number of nitrogens with zero attached hydrogens (tertiary/aromatic N) is 1. The van der Waals surface area contributed by atoms with Crippen LogP contribution in [0.2, 0.25) is 0 Å². The minimum Gasteiger partial charge on any atom is -0.371 e. The number of rotatable bonds is 2. The Bertz CT molecular complexity index is 402. The summed E-state index contributed by atoms with van der Waals surface area (Å²) in [5.74, 6) is 0. The molecule has 0 bridgehead atoms. The van der Waals surface area contributed by atoms with Gasteiger partial charge in [-0.1, -0.05) is 39.8 Å². The van der Waals surface area contributed by atoms with Crippen LogP contribution in [-0.2, 0) is 5.41 Å². The molecule has 1 unspecified atom stereocenters. The fourth-order valence-electron chi connectivity index (χ4n) is 2.88. The molecule has 0 radical (unpaired) electrons. The summed E-state index contributed by atoms with van der Waals surface area (Å²) in [5, 5.41) is 3.65. The molecular formula is C18H30N2. The van der Waals surface area contributed by atoms with E-state index >= 15 is 0 Å².